The maximum Gasteiger partial charge on any atom is 0.326 e. The second-order valence-electron chi connectivity index (χ2n) is 4.19. The monoisotopic (exact) mass is 299 g/mol. The summed E-state index contributed by atoms with van der Waals surface area (Å²) in [6, 6.07) is 3.82. The predicted molar refractivity (Wildman–Crippen MR) is 68.3 cm³/mol. The molecular formula is C13H14FNO6. The van der Waals surface area contributed by atoms with Crippen molar-refractivity contribution in [1.29, 1.82) is 0 Å². The van der Waals surface area contributed by atoms with Gasteiger partial charge >= 0.3 is 11.9 Å². The van der Waals surface area contributed by atoms with Crippen LogP contribution in [0.4, 0.5) is 4.39 Å². The van der Waals surface area contributed by atoms with E-state index in [0.717, 1.165) is 6.07 Å². The highest BCUT2D eigenvalue weighted by Gasteiger charge is 2.26. The van der Waals surface area contributed by atoms with E-state index in [4.69, 9.17) is 14.9 Å². The quantitative estimate of drug-likeness (QED) is 0.681. The maximum atomic E-state index is 13.3. The SMILES string of the molecule is CC(Oc1ccccc1F)C(=O)N[C@@H](CC(=O)O)C(=O)O. The number of nitrogens with one attached hydrogen (secondary N) is 1. The van der Waals surface area contributed by atoms with E-state index in [2.05, 4.69) is 0 Å². The van der Waals surface area contributed by atoms with Gasteiger partial charge in [0.15, 0.2) is 17.7 Å². The molecule has 0 aliphatic heterocycles. The molecule has 0 heterocycles. The van der Waals surface area contributed by atoms with Crippen LogP contribution in [0.5, 0.6) is 5.75 Å². The summed E-state index contributed by atoms with van der Waals surface area (Å²) in [5, 5.41) is 19.4. The summed E-state index contributed by atoms with van der Waals surface area (Å²) < 4.78 is 18.4. The number of amides is 1. The Hall–Kier alpha value is -2.64. The lowest BCUT2D eigenvalue weighted by Gasteiger charge is -2.18. The number of carbonyl (C=O) groups excluding carboxylic acids is 1. The topological polar surface area (TPSA) is 113 Å². The minimum Gasteiger partial charge on any atom is -0.481 e. The average Bonchev–Trinajstić information content (AvgIpc) is 2.39. The molecule has 1 unspecified atom stereocenters. The Labute approximate surface area is 119 Å². The first kappa shape index (κ1) is 16.4. The van der Waals surface area contributed by atoms with Crippen LogP contribution in [0, 0.1) is 5.82 Å². The summed E-state index contributed by atoms with van der Waals surface area (Å²) in [6.07, 6.45) is -1.95. The zero-order valence-corrected chi connectivity index (χ0v) is 11.1. The zero-order chi connectivity index (χ0) is 16.0. The second kappa shape index (κ2) is 7.22. The number of halogens is 1. The fourth-order valence-electron chi connectivity index (χ4n) is 1.45. The number of benzene rings is 1. The lowest BCUT2D eigenvalue weighted by atomic mass is 10.2. The molecule has 0 spiro atoms. The molecule has 0 saturated carbocycles. The van der Waals surface area contributed by atoms with Gasteiger partial charge in [0.1, 0.15) is 6.04 Å². The third-order valence-electron chi connectivity index (χ3n) is 2.50. The van der Waals surface area contributed by atoms with Crippen LogP contribution < -0.4 is 10.1 Å². The molecule has 114 valence electrons. The van der Waals surface area contributed by atoms with E-state index in [-0.39, 0.29) is 5.75 Å². The van der Waals surface area contributed by atoms with Crippen molar-refractivity contribution in [1.82, 2.24) is 5.32 Å². The summed E-state index contributed by atoms with van der Waals surface area (Å²) in [6.45, 7) is 1.29. The number of carboxylic acid groups (broad SMARTS) is 2. The van der Waals surface area contributed by atoms with Gasteiger partial charge in [0, 0.05) is 0 Å². The number of para-hydroxylation sites is 1. The van der Waals surface area contributed by atoms with Gasteiger partial charge in [0.2, 0.25) is 0 Å². The van der Waals surface area contributed by atoms with E-state index in [1.807, 2.05) is 5.32 Å². The summed E-state index contributed by atoms with van der Waals surface area (Å²) in [4.78, 5) is 33.1. The third-order valence-corrected chi connectivity index (χ3v) is 2.50. The number of carboxylic acids is 2. The van der Waals surface area contributed by atoms with Gasteiger partial charge in [-0.05, 0) is 19.1 Å². The Bertz CT molecular complexity index is 547. The fraction of sp³-hybridized carbons (Fsp3) is 0.308. The number of aliphatic carboxylic acids is 2. The molecule has 0 aromatic heterocycles. The highest BCUT2D eigenvalue weighted by molar-refractivity contribution is 5.88. The minimum atomic E-state index is -1.58. The van der Waals surface area contributed by atoms with Crippen LogP contribution in [0.3, 0.4) is 0 Å². The highest BCUT2D eigenvalue weighted by atomic mass is 19.1. The Kier molecular flexibility index (Phi) is 5.65. The molecule has 0 aliphatic rings. The van der Waals surface area contributed by atoms with Crippen LogP contribution in [0.15, 0.2) is 24.3 Å². The van der Waals surface area contributed by atoms with Crippen LogP contribution >= 0.6 is 0 Å². The summed E-state index contributed by atoms with van der Waals surface area (Å²) in [5.74, 6) is -4.54. The molecule has 0 saturated heterocycles. The highest BCUT2D eigenvalue weighted by Crippen LogP contribution is 2.17. The van der Waals surface area contributed by atoms with Crippen molar-refractivity contribution in [3.05, 3.63) is 30.1 Å². The van der Waals surface area contributed by atoms with Crippen molar-refractivity contribution < 1.29 is 33.7 Å². The van der Waals surface area contributed by atoms with E-state index >= 15 is 0 Å². The first-order valence-electron chi connectivity index (χ1n) is 5.97. The van der Waals surface area contributed by atoms with Gasteiger partial charge in [-0.3, -0.25) is 9.59 Å². The molecule has 1 rings (SSSR count). The van der Waals surface area contributed by atoms with Crippen molar-refractivity contribution in [2.75, 3.05) is 0 Å². The molecule has 2 atom stereocenters. The molecule has 3 N–H and O–H groups in total. The first-order chi connectivity index (χ1) is 9.81. The van der Waals surface area contributed by atoms with Gasteiger partial charge < -0.3 is 20.3 Å². The largest absolute Gasteiger partial charge is 0.481 e. The average molecular weight is 299 g/mol. The maximum absolute atomic E-state index is 13.3. The molecular weight excluding hydrogens is 285 g/mol. The van der Waals surface area contributed by atoms with Gasteiger partial charge in [-0.2, -0.15) is 0 Å². The van der Waals surface area contributed by atoms with Crippen LogP contribution in [0.1, 0.15) is 13.3 Å². The summed E-state index contributed by atoms with van der Waals surface area (Å²) in [7, 11) is 0. The number of carbonyl (C=O) groups is 3. The third kappa shape index (κ3) is 5.09. The zero-order valence-electron chi connectivity index (χ0n) is 11.1. The number of ether oxygens (including phenoxy) is 1. The molecule has 7 nitrogen and oxygen atoms in total. The second-order valence-corrected chi connectivity index (χ2v) is 4.19. The van der Waals surface area contributed by atoms with Gasteiger partial charge in [0.05, 0.1) is 6.42 Å². The van der Waals surface area contributed by atoms with Gasteiger partial charge in [-0.15, -0.1) is 0 Å². The molecule has 1 amide bonds. The molecule has 0 aliphatic carbocycles. The summed E-state index contributed by atoms with van der Waals surface area (Å²) >= 11 is 0. The van der Waals surface area contributed by atoms with E-state index in [1.165, 1.54) is 25.1 Å². The van der Waals surface area contributed by atoms with Crippen molar-refractivity contribution in [3.8, 4) is 5.75 Å². The molecule has 0 fully saturated rings. The Morgan fingerprint density at radius 3 is 2.43 bits per heavy atom. The number of hydrogen-bond acceptors (Lipinski definition) is 4. The van der Waals surface area contributed by atoms with Crippen molar-refractivity contribution in [2.45, 2.75) is 25.5 Å². The normalized spacial score (nSPS) is 13.0. The van der Waals surface area contributed by atoms with Gasteiger partial charge in [0.25, 0.3) is 5.91 Å². The first-order valence-corrected chi connectivity index (χ1v) is 5.97. The molecule has 1 aromatic carbocycles. The number of rotatable bonds is 7. The van der Waals surface area contributed by atoms with Gasteiger partial charge in [-0.1, -0.05) is 12.1 Å². The smallest absolute Gasteiger partial charge is 0.326 e. The van der Waals surface area contributed by atoms with Crippen LogP contribution in [0.25, 0.3) is 0 Å². The van der Waals surface area contributed by atoms with E-state index in [1.54, 1.807) is 0 Å². The minimum absolute atomic E-state index is 0.162. The lowest BCUT2D eigenvalue weighted by Crippen LogP contribution is -2.47. The van der Waals surface area contributed by atoms with Crippen LogP contribution in [0.2, 0.25) is 0 Å². The fourth-order valence-corrected chi connectivity index (χ4v) is 1.45. The molecule has 21 heavy (non-hydrogen) atoms. The molecule has 0 radical (unpaired) electrons. The van der Waals surface area contributed by atoms with Crippen molar-refractivity contribution >= 4 is 17.8 Å². The van der Waals surface area contributed by atoms with Gasteiger partial charge in [-0.25, -0.2) is 9.18 Å². The Morgan fingerprint density at radius 1 is 1.29 bits per heavy atom. The van der Waals surface area contributed by atoms with Crippen molar-refractivity contribution in [3.63, 3.8) is 0 Å². The van der Waals surface area contributed by atoms with E-state index in [9.17, 15) is 18.8 Å². The molecule has 1 aromatic rings. The standard InChI is InChI=1S/C13H14FNO6/c1-7(21-10-5-3-2-4-8(10)14)12(18)15-9(13(19)20)6-11(16)17/h2-5,7,9H,6H2,1H3,(H,15,18)(H,16,17)(H,19,20)/t7?,9-/m0/s1. The molecule has 8 heteroatoms. The lowest BCUT2D eigenvalue weighted by molar-refractivity contribution is -0.147. The summed E-state index contributed by atoms with van der Waals surface area (Å²) in [5.41, 5.74) is 0. The predicted octanol–water partition coefficient (Wildman–Crippen LogP) is 0.637. The van der Waals surface area contributed by atoms with Crippen LogP contribution in [-0.2, 0) is 14.4 Å². The van der Waals surface area contributed by atoms with E-state index < -0.39 is 42.2 Å². The van der Waals surface area contributed by atoms with Crippen molar-refractivity contribution in [2.24, 2.45) is 0 Å². The molecule has 0 bridgehead atoms. The Morgan fingerprint density at radius 2 is 1.90 bits per heavy atom. The van der Waals surface area contributed by atoms with E-state index in [0.29, 0.717) is 0 Å². The number of hydrogen-bond donors (Lipinski definition) is 3. The Balaban J connectivity index is 2.67. The van der Waals surface area contributed by atoms with Crippen LogP contribution in [-0.4, -0.2) is 40.2 Å².